The zero-order valence-electron chi connectivity index (χ0n) is 15.8. The largest absolute Gasteiger partial charge is 0.492 e. The van der Waals surface area contributed by atoms with Gasteiger partial charge in [0.1, 0.15) is 0 Å². The Bertz CT molecular complexity index is 1430. The Balaban J connectivity index is 1.46. The molecule has 6 nitrogen and oxygen atoms in total. The lowest BCUT2D eigenvalue weighted by Gasteiger charge is -2.06. The minimum atomic E-state index is -0.0830. The molecule has 152 valence electrons. The molecule has 0 atom stereocenters. The van der Waals surface area contributed by atoms with Gasteiger partial charge in [-0.05, 0) is 47.7 Å². The van der Waals surface area contributed by atoms with Crippen molar-refractivity contribution < 1.29 is 5.11 Å². The van der Waals surface area contributed by atoms with Crippen molar-refractivity contribution in [3.63, 3.8) is 0 Å². The van der Waals surface area contributed by atoms with E-state index in [1.54, 1.807) is 30.6 Å². The second-order valence-electron chi connectivity index (χ2n) is 6.61. The molecule has 0 saturated heterocycles. The molecule has 0 amide bonds. The predicted octanol–water partition coefficient (Wildman–Crippen LogP) is 4.83. The maximum absolute atomic E-state index is 10.3. The molecule has 5 rings (SSSR count). The lowest BCUT2D eigenvalue weighted by molar-refractivity contribution is 0.457. The summed E-state index contributed by atoms with van der Waals surface area (Å²) in [6, 6.07) is 14.7. The first-order valence-corrected chi connectivity index (χ1v) is 10.7. The Kier molecular flexibility index (Phi) is 5.15. The molecule has 4 aromatic rings. The molecule has 2 aromatic heterocycles. The van der Waals surface area contributed by atoms with Crippen molar-refractivity contribution in [1.82, 2.24) is 9.97 Å². The summed E-state index contributed by atoms with van der Waals surface area (Å²) in [5, 5.41) is 16.5. The van der Waals surface area contributed by atoms with Crippen LogP contribution in [-0.2, 0) is 0 Å². The van der Waals surface area contributed by atoms with Crippen LogP contribution in [0.15, 0.2) is 70.9 Å². The van der Waals surface area contributed by atoms with Gasteiger partial charge in [-0.1, -0.05) is 46.7 Å². The van der Waals surface area contributed by atoms with Crippen LogP contribution >= 0.6 is 34.5 Å². The van der Waals surface area contributed by atoms with Gasteiger partial charge in [-0.25, -0.2) is 9.98 Å². The van der Waals surface area contributed by atoms with Crippen molar-refractivity contribution in [3.05, 3.63) is 92.0 Å². The van der Waals surface area contributed by atoms with E-state index in [2.05, 4.69) is 25.3 Å². The minimum absolute atomic E-state index is 0.0830. The Morgan fingerprint density at radius 3 is 2.61 bits per heavy atom. The third-order valence-electron chi connectivity index (χ3n) is 4.50. The van der Waals surface area contributed by atoms with Crippen LogP contribution in [0.25, 0.3) is 6.08 Å². The number of thiazole rings is 1. The van der Waals surface area contributed by atoms with Gasteiger partial charge in [-0.15, -0.1) is 0 Å². The fourth-order valence-corrected chi connectivity index (χ4v) is 4.36. The first-order chi connectivity index (χ1) is 15.1. The fraction of sp³-hybridized carbons (Fsp3) is 0. The minimum Gasteiger partial charge on any atom is -0.492 e. The summed E-state index contributed by atoms with van der Waals surface area (Å²) >= 11 is 13.7. The summed E-state index contributed by atoms with van der Waals surface area (Å²) in [5.41, 5.74) is 2.17. The average molecular weight is 466 g/mol. The van der Waals surface area contributed by atoms with E-state index < -0.39 is 0 Å². The number of aromatic hydroxyl groups is 1. The zero-order chi connectivity index (χ0) is 21.4. The summed E-state index contributed by atoms with van der Waals surface area (Å²) in [4.78, 5) is 18.0. The number of fused-ring (bicyclic) bond motifs is 1. The van der Waals surface area contributed by atoms with E-state index in [-0.39, 0.29) is 5.88 Å². The molecule has 2 N–H and O–H groups in total. The molecule has 0 fully saturated rings. The van der Waals surface area contributed by atoms with Crippen LogP contribution in [0.5, 0.6) is 5.88 Å². The number of anilines is 2. The maximum Gasteiger partial charge on any atom is 0.231 e. The van der Waals surface area contributed by atoms with Crippen LogP contribution in [0.2, 0.25) is 10.0 Å². The van der Waals surface area contributed by atoms with Crippen molar-refractivity contribution in [3.8, 4) is 5.88 Å². The Labute approximate surface area is 190 Å². The van der Waals surface area contributed by atoms with Gasteiger partial charge in [0.2, 0.25) is 5.88 Å². The number of nitrogens with zero attached hydrogens (tertiary/aromatic N) is 4. The fourth-order valence-electron chi connectivity index (χ4n) is 3.04. The quantitative estimate of drug-likeness (QED) is 0.451. The highest BCUT2D eigenvalue weighted by molar-refractivity contribution is 7.16. The summed E-state index contributed by atoms with van der Waals surface area (Å²) in [6.07, 6.45) is 5.28. The molecule has 0 aliphatic carbocycles. The summed E-state index contributed by atoms with van der Waals surface area (Å²) in [7, 11) is 0. The molecule has 0 bridgehead atoms. The Morgan fingerprint density at radius 1 is 1.00 bits per heavy atom. The van der Waals surface area contributed by atoms with Crippen molar-refractivity contribution in [2.75, 3.05) is 5.32 Å². The molecule has 2 aromatic carbocycles. The normalized spacial score (nSPS) is 13.0. The van der Waals surface area contributed by atoms with E-state index in [0.717, 1.165) is 21.8 Å². The van der Waals surface area contributed by atoms with E-state index in [1.807, 2.05) is 36.4 Å². The molecule has 1 aliphatic heterocycles. The number of hydrogen-bond acceptors (Lipinski definition) is 7. The molecule has 0 radical (unpaired) electrons. The molecule has 31 heavy (non-hydrogen) atoms. The van der Waals surface area contributed by atoms with Crippen LogP contribution in [0.1, 0.15) is 10.4 Å². The van der Waals surface area contributed by atoms with Crippen molar-refractivity contribution >= 4 is 63.0 Å². The van der Waals surface area contributed by atoms with E-state index in [0.29, 0.717) is 31.6 Å². The SMILES string of the molecule is Oc1nc(Nc2c(Cl)cccc2Cl)sc1C=c1ccc2c(c1)N=C(c1cccnc1)N=2. The first kappa shape index (κ1) is 19.7. The van der Waals surface area contributed by atoms with E-state index >= 15 is 0 Å². The second-order valence-corrected chi connectivity index (χ2v) is 8.45. The van der Waals surface area contributed by atoms with Gasteiger partial charge in [-0.3, -0.25) is 4.98 Å². The van der Waals surface area contributed by atoms with Crippen LogP contribution in [0.4, 0.5) is 16.5 Å². The molecule has 3 heterocycles. The number of aromatic nitrogens is 2. The van der Waals surface area contributed by atoms with Crippen molar-refractivity contribution in [2.24, 2.45) is 9.98 Å². The molecule has 0 spiro atoms. The smallest absolute Gasteiger partial charge is 0.231 e. The lowest BCUT2D eigenvalue weighted by Crippen LogP contribution is -2.07. The standard InChI is InChI=1S/C22H13Cl2N5OS/c23-14-4-1-5-15(24)19(14)28-22-29-21(30)18(31-22)10-12-6-7-16-17(9-12)27-20(26-16)13-3-2-8-25-11-13/h1-11,30H,(H,28,29). The third-order valence-corrected chi connectivity index (χ3v) is 6.04. The summed E-state index contributed by atoms with van der Waals surface area (Å²) < 4.78 is 0. The van der Waals surface area contributed by atoms with E-state index in [4.69, 9.17) is 23.2 Å². The van der Waals surface area contributed by atoms with Gasteiger partial charge >= 0.3 is 0 Å². The molecule has 0 unspecified atom stereocenters. The predicted molar refractivity (Wildman–Crippen MR) is 125 cm³/mol. The van der Waals surface area contributed by atoms with Crippen LogP contribution in [0, 0.1) is 0 Å². The summed E-state index contributed by atoms with van der Waals surface area (Å²) in [6.45, 7) is 0. The second kappa shape index (κ2) is 8.11. The topological polar surface area (TPSA) is 82.8 Å². The van der Waals surface area contributed by atoms with Gasteiger partial charge in [0, 0.05) is 18.0 Å². The number of hydrogen-bond donors (Lipinski definition) is 2. The number of rotatable bonds is 4. The number of aliphatic imine (C=N–C) groups is 1. The van der Waals surface area contributed by atoms with Crippen LogP contribution in [0.3, 0.4) is 0 Å². The number of pyridine rings is 1. The highest BCUT2D eigenvalue weighted by atomic mass is 35.5. The van der Waals surface area contributed by atoms with Gasteiger partial charge in [0.25, 0.3) is 0 Å². The van der Waals surface area contributed by atoms with Gasteiger partial charge in [-0.2, -0.15) is 4.98 Å². The number of halogens is 2. The Hall–Kier alpha value is -3.26. The molecular weight excluding hydrogens is 453 g/mol. The van der Waals surface area contributed by atoms with Gasteiger partial charge in [0.05, 0.1) is 31.7 Å². The highest BCUT2D eigenvalue weighted by Gasteiger charge is 2.13. The molecule has 9 heteroatoms. The molecule has 1 aliphatic rings. The average Bonchev–Trinajstić information content (AvgIpc) is 3.34. The van der Waals surface area contributed by atoms with E-state index in [9.17, 15) is 5.11 Å². The zero-order valence-corrected chi connectivity index (χ0v) is 18.1. The van der Waals surface area contributed by atoms with Gasteiger partial charge in [0.15, 0.2) is 11.0 Å². The number of amidine groups is 1. The number of nitrogens with one attached hydrogen (secondary N) is 1. The Morgan fingerprint density at radius 2 is 1.84 bits per heavy atom. The monoisotopic (exact) mass is 465 g/mol. The number of benzene rings is 2. The van der Waals surface area contributed by atoms with Crippen LogP contribution < -0.4 is 15.9 Å². The third kappa shape index (κ3) is 4.03. The van der Waals surface area contributed by atoms with Crippen molar-refractivity contribution in [2.45, 2.75) is 0 Å². The van der Waals surface area contributed by atoms with E-state index in [1.165, 1.54) is 11.3 Å². The maximum atomic E-state index is 10.3. The lowest BCUT2D eigenvalue weighted by atomic mass is 10.2. The highest BCUT2D eigenvalue weighted by Crippen LogP contribution is 2.36. The molecular formula is C22H13Cl2N5OS. The summed E-state index contributed by atoms with van der Waals surface area (Å²) in [5.74, 6) is 0.546. The van der Waals surface area contributed by atoms with Crippen molar-refractivity contribution in [1.29, 1.82) is 0 Å². The number of para-hydroxylation sites is 1. The molecule has 0 saturated carbocycles. The van der Waals surface area contributed by atoms with Gasteiger partial charge < -0.3 is 10.4 Å². The first-order valence-electron chi connectivity index (χ1n) is 9.17. The van der Waals surface area contributed by atoms with Crippen LogP contribution in [-0.4, -0.2) is 20.9 Å².